The monoisotopic (exact) mass is 365 g/mol. The van der Waals surface area contributed by atoms with Gasteiger partial charge in [-0.3, -0.25) is 4.79 Å². The molecule has 0 saturated heterocycles. The summed E-state index contributed by atoms with van der Waals surface area (Å²) in [5.41, 5.74) is 0.576. The van der Waals surface area contributed by atoms with Gasteiger partial charge in [0.05, 0.1) is 27.1 Å². The lowest BCUT2D eigenvalue weighted by Crippen LogP contribution is -2.15. The van der Waals surface area contributed by atoms with E-state index in [0.29, 0.717) is 29.0 Å². The molecule has 0 saturated carbocycles. The van der Waals surface area contributed by atoms with Gasteiger partial charge in [0.2, 0.25) is 11.7 Å². The van der Waals surface area contributed by atoms with Crippen molar-refractivity contribution in [2.45, 2.75) is 25.0 Å². The molecule has 1 aromatic carbocycles. The van der Waals surface area contributed by atoms with E-state index in [1.165, 1.54) is 33.1 Å². The van der Waals surface area contributed by atoms with E-state index in [1.54, 1.807) is 18.3 Å². The Bertz CT molecular complexity index is 705. The molecule has 1 heterocycles. The minimum absolute atomic E-state index is 0.141. The maximum atomic E-state index is 12.3. The van der Waals surface area contributed by atoms with E-state index in [0.717, 1.165) is 5.16 Å². The quantitative estimate of drug-likeness (QED) is 0.724. The van der Waals surface area contributed by atoms with E-state index in [9.17, 15) is 4.79 Å². The van der Waals surface area contributed by atoms with Crippen LogP contribution in [0.15, 0.2) is 29.7 Å². The summed E-state index contributed by atoms with van der Waals surface area (Å²) >= 11 is 1.39. The van der Waals surface area contributed by atoms with E-state index in [2.05, 4.69) is 24.1 Å². The van der Waals surface area contributed by atoms with Crippen LogP contribution >= 0.6 is 11.8 Å². The summed E-state index contributed by atoms with van der Waals surface area (Å²) in [4.78, 5) is 16.5. The number of carbonyl (C=O) groups is 1. The van der Waals surface area contributed by atoms with Crippen molar-refractivity contribution in [3.8, 4) is 17.2 Å². The van der Waals surface area contributed by atoms with Crippen LogP contribution in [0.4, 0.5) is 5.69 Å². The molecule has 1 amide bonds. The Balaban J connectivity index is 2.06. The van der Waals surface area contributed by atoms with E-state index in [-0.39, 0.29) is 11.7 Å². The van der Waals surface area contributed by atoms with Crippen molar-refractivity contribution >= 4 is 23.4 Å². The second-order valence-electron chi connectivity index (χ2n) is 5.46. The number of hydrogen-bond donors (Lipinski definition) is 1. The van der Waals surface area contributed by atoms with E-state index >= 15 is 0 Å². The minimum Gasteiger partial charge on any atom is -0.493 e. The number of carbonyl (C=O) groups excluding carboxylic acids is 1. The van der Waals surface area contributed by atoms with Crippen molar-refractivity contribution in [1.29, 1.82) is 0 Å². The van der Waals surface area contributed by atoms with E-state index < -0.39 is 0 Å². The molecule has 1 aromatic heterocycles. The number of ether oxygens (including phenoxy) is 3. The third-order valence-corrected chi connectivity index (χ3v) is 4.45. The first-order valence-corrected chi connectivity index (χ1v) is 8.74. The number of imidazole rings is 1. The average Bonchev–Trinajstić information content (AvgIpc) is 3.07. The van der Waals surface area contributed by atoms with Gasteiger partial charge >= 0.3 is 0 Å². The van der Waals surface area contributed by atoms with Gasteiger partial charge < -0.3 is 24.1 Å². The van der Waals surface area contributed by atoms with Crippen LogP contribution in [-0.2, 0) is 4.79 Å². The molecule has 8 heteroatoms. The summed E-state index contributed by atoms with van der Waals surface area (Å²) in [5, 5.41) is 3.66. The number of benzene rings is 1. The first-order valence-electron chi connectivity index (χ1n) is 7.75. The number of amides is 1. The van der Waals surface area contributed by atoms with Crippen LogP contribution in [0.5, 0.6) is 17.2 Å². The molecule has 0 atom stereocenters. The van der Waals surface area contributed by atoms with Gasteiger partial charge in [0.1, 0.15) is 0 Å². The zero-order valence-corrected chi connectivity index (χ0v) is 15.8. The Morgan fingerprint density at radius 1 is 1.20 bits per heavy atom. The molecule has 2 aromatic rings. The highest BCUT2D eigenvalue weighted by Crippen LogP contribution is 2.39. The zero-order chi connectivity index (χ0) is 18.4. The number of hydrogen-bond acceptors (Lipinski definition) is 6. The molecule has 0 fully saturated rings. The number of methoxy groups -OCH3 is 3. The standard InChI is InChI=1S/C17H23N3O4S/c1-11(2)20-7-6-18-17(20)25-10-15(21)19-12-8-13(22-3)16(24-5)14(9-12)23-4/h6-9,11H,10H2,1-5H3,(H,19,21). The number of thioether (sulfide) groups is 1. The van der Waals surface area contributed by atoms with Crippen molar-refractivity contribution in [2.24, 2.45) is 0 Å². The molecule has 0 aliphatic heterocycles. The van der Waals surface area contributed by atoms with Gasteiger partial charge in [-0.1, -0.05) is 11.8 Å². The van der Waals surface area contributed by atoms with Crippen molar-refractivity contribution in [3.05, 3.63) is 24.5 Å². The molecule has 1 N–H and O–H groups in total. The van der Waals surface area contributed by atoms with Gasteiger partial charge in [-0.15, -0.1) is 0 Å². The molecule has 7 nitrogen and oxygen atoms in total. The molecule has 0 aliphatic carbocycles. The summed E-state index contributed by atoms with van der Waals surface area (Å²) in [6.07, 6.45) is 3.64. The molecule has 0 unspecified atom stereocenters. The minimum atomic E-state index is -0.141. The van der Waals surface area contributed by atoms with Crippen LogP contribution in [0.2, 0.25) is 0 Å². The Kier molecular flexibility index (Phi) is 6.58. The Hall–Kier alpha value is -2.35. The summed E-state index contributed by atoms with van der Waals surface area (Å²) < 4.78 is 17.9. The molecule has 0 radical (unpaired) electrons. The summed E-state index contributed by atoms with van der Waals surface area (Å²) in [6, 6.07) is 3.68. The van der Waals surface area contributed by atoms with Crippen molar-refractivity contribution < 1.29 is 19.0 Å². The van der Waals surface area contributed by atoms with Crippen molar-refractivity contribution in [3.63, 3.8) is 0 Å². The summed E-state index contributed by atoms with van der Waals surface area (Å²) in [5.74, 6) is 1.56. The lowest BCUT2D eigenvalue weighted by atomic mass is 10.2. The van der Waals surface area contributed by atoms with E-state index in [1.807, 2.05) is 10.8 Å². The SMILES string of the molecule is COc1cc(NC(=O)CSc2nccn2C(C)C)cc(OC)c1OC. The first kappa shape index (κ1) is 19.0. The number of anilines is 1. The number of nitrogens with zero attached hydrogens (tertiary/aromatic N) is 2. The second-order valence-corrected chi connectivity index (χ2v) is 6.40. The van der Waals surface area contributed by atoms with E-state index in [4.69, 9.17) is 14.2 Å². The van der Waals surface area contributed by atoms with Gasteiger partial charge in [0.15, 0.2) is 16.7 Å². The predicted octanol–water partition coefficient (Wildman–Crippen LogP) is 3.22. The molecular formula is C17H23N3O4S. The highest BCUT2D eigenvalue weighted by Gasteiger charge is 2.15. The molecule has 0 aliphatic rings. The maximum Gasteiger partial charge on any atom is 0.234 e. The molecular weight excluding hydrogens is 342 g/mol. The molecule has 0 bridgehead atoms. The Morgan fingerprint density at radius 3 is 2.36 bits per heavy atom. The number of aromatic nitrogens is 2. The second kappa shape index (κ2) is 8.66. The van der Waals surface area contributed by atoms with Crippen molar-refractivity contribution in [2.75, 3.05) is 32.4 Å². The van der Waals surface area contributed by atoms with Gasteiger partial charge in [0, 0.05) is 36.3 Å². The summed E-state index contributed by atoms with van der Waals surface area (Å²) in [7, 11) is 4.60. The fourth-order valence-corrected chi connectivity index (χ4v) is 3.17. The molecule has 2 rings (SSSR count). The number of nitrogens with one attached hydrogen (secondary N) is 1. The van der Waals surface area contributed by atoms with Crippen LogP contribution in [0.3, 0.4) is 0 Å². The predicted molar refractivity (Wildman–Crippen MR) is 98.1 cm³/mol. The van der Waals surface area contributed by atoms with Crippen LogP contribution in [0, 0.1) is 0 Å². The van der Waals surface area contributed by atoms with Crippen LogP contribution < -0.4 is 19.5 Å². The Labute approximate surface area is 151 Å². The van der Waals surface area contributed by atoms with Crippen LogP contribution in [0.1, 0.15) is 19.9 Å². The number of rotatable bonds is 8. The van der Waals surface area contributed by atoms with Gasteiger partial charge in [0.25, 0.3) is 0 Å². The Morgan fingerprint density at radius 2 is 1.84 bits per heavy atom. The molecule has 0 spiro atoms. The van der Waals surface area contributed by atoms with Crippen LogP contribution in [0.25, 0.3) is 0 Å². The topological polar surface area (TPSA) is 74.6 Å². The summed E-state index contributed by atoms with van der Waals surface area (Å²) in [6.45, 7) is 4.14. The highest BCUT2D eigenvalue weighted by molar-refractivity contribution is 7.99. The van der Waals surface area contributed by atoms with Crippen molar-refractivity contribution in [1.82, 2.24) is 9.55 Å². The first-order chi connectivity index (χ1) is 12.0. The molecule has 25 heavy (non-hydrogen) atoms. The van der Waals surface area contributed by atoms with Gasteiger partial charge in [-0.2, -0.15) is 0 Å². The largest absolute Gasteiger partial charge is 0.493 e. The lowest BCUT2D eigenvalue weighted by Gasteiger charge is -2.14. The fourth-order valence-electron chi connectivity index (χ4n) is 2.28. The molecule has 136 valence electrons. The third-order valence-electron chi connectivity index (χ3n) is 3.47. The highest BCUT2D eigenvalue weighted by atomic mass is 32.2. The zero-order valence-electron chi connectivity index (χ0n) is 15.0. The average molecular weight is 365 g/mol. The van der Waals surface area contributed by atoms with Gasteiger partial charge in [-0.25, -0.2) is 4.98 Å². The normalized spacial score (nSPS) is 10.6. The van der Waals surface area contributed by atoms with Crippen LogP contribution in [-0.4, -0.2) is 42.5 Å². The maximum absolute atomic E-state index is 12.3. The third kappa shape index (κ3) is 4.60. The lowest BCUT2D eigenvalue weighted by molar-refractivity contribution is -0.113. The smallest absolute Gasteiger partial charge is 0.234 e. The van der Waals surface area contributed by atoms with Gasteiger partial charge in [-0.05, 0) is 13.8 Å². The fraction of sp³-hybridized carbons (Fsp3) is 0.412.